The summed E-state index contributed by atoms with van der Waals surface area (Å²) in [7, 11) is 0. The minimum Gasteiger partial charge on any atom is -0.459 e. The van der Waals surface area contributed by atoms with Crippen molar-refractivity contribution < 1.29 is 18.8 Å². The van der Waals surface area contributed by atoms with E-state index in [0.717, 1.165) is 15.9 Å². The highest BCUT2D eigenvalue weighted by atomic mass is 16.3. The van der Waals surface area contributed by atoms with E-state index < -0.39 is 6.03 Å². The zero-order chi connectivity index (χ0) is 17.3. The standard InChI is InChI=1S/C17H19N3O4/c1-3-19(16(22)10-20-15(21)9-18-17(20)23)11(2)14-8-12-6-4-5-7-13(12)24-14/h4-8,11H,3,9-10H2,1-2H3,(H,18,23). The van der Waals surface area contributed by atoms with Crippen molar-refractivity contribution in [3.05, 3.63) is 36.1 Å². The van der Waals surface area contributed by atoms with Gasteiger partial charge in [0.1, 0.15) is 17.9 Å². The highest BCUT2D eigenvalue weighted by Gasteiger charge is 2.33. The van der Waals surface area contributed by atoms with Crippen LogP contribution in [-0.4, -0.2) is 47.3 Å². The highest BCUT2D eigenvalue weighted by molar-refractivity contribution is 6.04. The monoisotopic (exact) mass is 329 g/mol. The normalized spacial score (nSPS) is 15.7. The quantitative estimate of drug-likeness (QED) is 0.849. The number of amides is 4. The maximum atomic E-state index is 12.6. The van der Waals surface area contributed by atoms with Crippen molar-refractivity contribution >= 4 is 28.8 Å². The lowest BCUT2D eigenvalue weighted by molar-refractivity contribution is -0.138. The molecule has 3 rings (SSSR count). The average Bonchev–Trinajstić information content (AvgIpc) is 3.14. The molecule has 1 aliphatic heterocycles. The van der Waals surface area contributed by atoms with E-state index >= 15 is 0 Å². The van der Waals surface area contributed by atoms with Crippen LogP contribution in [0.25, 0.3) is 11.0 Å². The number of para-hydroxylation sites is 1. The van der Waals surface area contributed by atoms with Crippen LogP contribution >= 0.6 is 0 Å². The summed E-state index contributed by atoms with van der Waals surface area (Å²) in [4.78, 5) is 38.3. The first-order valence-corrected chi connectivity index (χ1v) is 7.87. The first-order valence-electron chi connectivity index (χ1n) is 7.87. The molecule has 1 aromatic carbocycles. The van der Waals surface area contributed by atoms with E-state index in [2.05, 4.69) is 5.32 Å². The fraction of sp³-hybridized carbons (Fsp3) is 0.353. The second kappa shape index (κ2) is 6.35. The molecule has 0 radical (unpaired) electrons. The summed E-state index contributed by atoms with van der Waals surface area (Å²) in [5, 5.41) is 3.38. The molecule has 1 unspecified atom stereocenters. The molecule has 1 fully saturated rings. The lowest BCUT2D eigenvalue weighted by Crippen LogP contribution is -2.43. The predicted octanol–water partition coefficient (Wildman–Crippen LogP) is 1.89. The second-order valence-corrected chi connectivity index (χ2v) is 5.68. The molecule has 0 spiro atoms. The number of carbonyl (C=O) groups excluding carboxylic acids is 3. The summed E-state index contributed by atoms with van der Waals surface area (Å²) in [5.74, 6) is -0.0137. The summed E-state index contributed by atoms with van der Waals surface area (Å²) in [6.07, 6.45) is 0. The summed E-state index contributed by atoms with van der Waals surface area (Å²) in [6, 6.07) is 8.71. The zero-order valence-corrected chi connectivity index (χ0v) is 13.6. The topological polar surface area (TPSA) is 82.9 Å². The van der Waals surface area contributed by atoms with Gasteiger partial charge < -0.3 is 14.6 Å². The summed E-state index contributed by atoms with van der Waals surface area (Å²) in [6.45, 7) is 3.84. The molecule has 126 valence electrons. The van der Waals surface area contributed by atoms with Crippen molar-refractivity contribution in [2.45, 2.75) is 19.9 Å². The highest BCUT2D eigenvalue weighted by Crippen LogP contribution is 2.27. The Bertz CT molecular complexity index is 749. The van der Waals surface area contributed by atoms with Crippen molar-refractivity contribution in [3.8, 4) is 0 Å². The van der Waals surface area contributed by atoms with E-state index in [-0.39, 0.29) is 30.9 Å². The van der Waals surface area contributed by atoms with E-state index in [0.29, 0.717) is 12.3 Å². The van der Waals surface area contributed by atoms with Gasteiger partial charge in [-0.25, -0.2) is 4.79 Å². The Balaban J connectivity index is 1.78. The number of benzene rings is 1. The van der Waals surface area contributed by atoms with Gasteiger partial charge in [-0.15, -0.1) is 0 Å². The molecule has 0 bridgehead atoms. The van der Waals surface area contributed by atoms with E-state index in [1.165, 1.54) is 0 Å². The van der Waals surface area contributed by atoms with Crippen molar-refractivity contribution in [2.75, 3.05) is 19.6 Å². The summed E-state index contributed by atoms with van der Waals surface area (Å²) < 4.78 is 5.82. The maximum Gasteiger partial charge on any atom is 0.325 e. The van der Waals surface area contributed by atoms with Crippen LogP contribution in [0, 0.1) is 0 Å². The number of nitrogens with one attached hydrogen (secondary N) is 1. The molecular weight excluding hydrogens is 310 g/mol. The van der Waals surface area contributed by atoms with Gasteiger partial charge in [0.2, 0.25) is 5.91 Å². The van der Waals surface area contributed by atoms with E-state index in [1.807, 2.05) is 44.2 Å². The largest absolute Gasteiger partial charge is 0.459 e. The Morgan fingerprint density at radius 2 is 2.12 bits per heavy atom. The average molecular weight is 329 g/mol. The van der Waals surface area contributed by atoms with Crippen LogP contribution in [-0.2, 0) is 9.59 Å². The first-order chi connectivity index (χ1) is 11.5. The number of rotatable bonds is 5. The molecule has 7 heteroatoms. The smallest absolute Gasteiger partial charge is 0.325 e. The van der Waals surface area contributed by atoms with Gasteiger partial charge in [-0.3, -0.25) is 14.5 Å². The Morgan fingerprint density at radius 1 is 1.38 bits per heavy atom. The number of hydrogen-bond donors (Lipinski definition) is 1. The van der Waals surface area contributed by atoms with Gasteiger partial charge in [0.25, 0.3) is 5.91 Å². The minimum absolute atomic E-state index is 0.0582. The van der Waals surface area contributed by atoms with Gasteiger partial charge in [0.15, 0.2) is 0 Å². The van der Waals surface area contributed by atoms with Gasteiger partial charge in [-0.2, -0.15) is 0 Å². The van der Waals surface area contributed by atoms with Crippen molar-refractivity contribution in [1.29, 1.82) is 0 Å². The van der Waals surface area contributed by atoms with E-state index in [9.17, 15) is 14.4 Å². The number of imide groups is 1. The Kier molecular flexibility index (Phi) is 4.24. The third-order valence-electron chi connectivity index (χ3n) is 4.22. The van der Waals surface area contributed by atoms with Gasteiger partial charge in [-0.05, 0) is 26.0 Å². The number of nitrogens with zero attached hydrogens (tertiary/aromatic N) is 2. The Labute approximate surface area is 139 Å². The van der Waals surface area contributed by atoms with Gasteiger partial charge in [0, 0.05) is 11.9 Å². The van der Waals surface area contributed by atoms with E-state index in [4.69, 9.17) is 4.42 Å². The number of likely N-dealkylation sites (N-methyl/N-ethyl adjacent to an activating group) is 1. The van der Waals surface area contributed by atoms with Crippen molar-refractivity contribution in [2.24, 2.45) is 0 Å². The van der Waals surface area contributed by atoms with Crippen LogP contribution in [0.2, 0.25) is 0 Å². The predicted molar refractivity (Wildman–Crippen MR) is 87.1 cm³/mol. The lowest BCUT2D eigenvalue weighted by Gasteiger charge is -2.28. The molecule has 1 N–H and O–H groups in total. The van der Waals surface area contributed by atoms with Gasteiger partial charge in [-0.1, -0.05) is 18.2 Å². The molecular formula is C17H19N3O4. The van der Waals surface area contributed by atoms with Crippen LogP contribution < -0.4 is 5.32 Å². The van der Waals surface area contributed by atoms with Crippen LogP contribution in [0.5, 0.6) is 0 Å². The minimum atomic E-state index is -0.527. The summed E-state index contributed by atoms with van der Waals surface area (Å²) in [5.41, 5.74) is 0.761. The third kappa shape index (κ3) is 2.84. The van der Waals surface area contributed by atoms with Crippen LogP contribution in [0.4, 0.5) is 4.79 Å². The van der Waals surface area contributed by atoms with Crippen LogP contribution in [0.1, 0.15) is 25.6 Å². The molecule has 0 aliphatic carbocycles. The number of carbonyl (C=O) groups is 3. The number of fused-ring (bicyclic) bond motifs is 1. The SMILES string of the molecule is CCN(C(=O)CN1C(=O)CNC1=O)C(C)c1cc2ccccc2o1. The molecule has 0 saturated carbocycles. The molecule has 2 aromatic rings. The Morgan fingerprint density at radius 3 is 2.75 bits per heavy atom. The lowest BCUT2D eigenvalue weighted by atomic mass is 10.2. The zero-order valence-electron chi connectivity index (χ0n) is 13.6. The molecule has 1 atom stereocenters. The first kappa shape index (κ1) is 16.0. The number of hydrogen-bond acceptors (Lipinski definition) is 4. The van der Waals surface area contributed by atoms with Gasteiger partial charge >= 0.3 is 6.03 Å². The maximum absolute atomic E-state index is 12.6. The fourth-order valence-electron chi connectivity index (χ4n) is 2.87. The molecule has 1 saturated heterocycles. The van der Waals surface area contributed by atoms with E-state index in [1.54, 1.807) is 4.90 Å². The molecule has 2 heterocycles. The molecule has 1 aliphatic rings. The van der Waals surface area contributed by atoms with Crippen molar-refractivity contribution in [3.63, 3.8) is 0 Å². The molecule has 1 aromatic heterocycles. The third-order valence-corrected chi connectivity index (χ3v) is 4.22. The summed E-state index contributed by atoms with van der Waals surface area (Å²) >= 11 is 0. The van der Waals surface area contributed by atoms with Crippen molar-refractivity contribution in [1.82, 2.24) is 15.1 Å². The van der Waals surface area contributed by atoms with Crippen LogP contribution in [0.3, 0.4) is 0 Å². The number of urea groups is 1. The second-order valence-electron chi connectivity index (χ2n) is 5.68. The number of furan rings is 1. The fourth-order valence-corrected chi connectivity index (χ4v) is 2.87. The molecule has 7 nitrogen and oxygen atoms in total. The molecule has 24 heavy (non-hydrogen) atoms. The molecule has 4 amide bonds. The Hall–Kier alpha value is -2.83. The van der Waals surface area contributed by atoms with Crippen LogP contribution in [0.15, 0.2) is 34.7 Å². The van der Waals surface area contributed by atoms with Gasteiger partial charge in [0.05, 0.1) is 12.6 Å².